The zero-order chi connectivity index (χ0) is 12.3. The van der Waals surface area contributed by atoms with E-state index in [1.165, 1.54) is 0 Å². The summed E-state index contributed by atoms with van der Waals surface area (Å²) in [6, 6.07) is 3.79. The van der Waals surface area contributed by atoms with Gasteiger partial charge in [0, 0.05) is 31.8 Å². The zero-order valence-electron chi connectivity index (χ0n) is 10.2. The van der Waals surface area contributed by atoms with Gasteiger partial charge in [0.25, 0.3) is 5.91 Å². The molecule has 1 saturated carbocycles. The molecule has 1 fully saturated rings. The number of aryl methyl sites for hydroxylation is 1. The molecule has 4 heteroatoms. The third kappa shape index (κ3) is 2.69. The normalized spacial score (nSPS) is 24.6. The lowest BCUT2D eigenvalue weighted by molar-refractivity contribution is 0.0864. The summed E-state index contributed by atoms with van der Waals surface area (Å²) in [4.78, 5) is 12.0. The summed E-state index contributed by atoms with van der Waals surface area (Å²) in [6.07, 6.45) is 6.13. The molecule has 94 valence electrons. The van der Waals surface area contributed by atoms with Crippen LogP contribution in [0.4, 0.5) is 0 Å². The maximum absolute atomic E-state index is 12.0. The van der Waals surface area contributed by atoms with Gasteiger partial charge < -0.3 is 15.0 Å². The van der Waals surface area contributed by atoms with Crippen LogP contribution in [0.3, 0.4) is 0 Å². The first-order valence-electron chi connectivity index (χ1n) is 6.25. The van der Waals surface area contributed by atoms with Crippen LogP contribution in [0.5, 0.6) is 0 Å². The number of hydrogen-bond donors (Lipinski definition) is 2. The maximum atomic E-state index is 12.0. The van der Waals surface area contributed by atoms with Gasteiger partial charge >= 0.3 is 0 Å². The Balaban J connectivity index is 2.00. The molecule has 1 heterocycles. The average molecular weight is 236 g/mol. The Hall–Kier alpha value is -1.29. The van der Waals surface area contributed by atoms with Crippen LogP contribution in [0.15, 0.2) is 18.3 Å². The number of hydrogen-bond acceptors (Lipinski definition) is 2. The minimum Gasteiger partial charge on any atom is -0.396 e. The quantitative estimate of drug-likeness (QED) is 0.831. The molecule has 2 rings (SSSR count). The number of aromatic nitrogens is 1. The van der Waals surface area contributed by atoms with Crippen LogP contribution in [-0.2, 0) is 7.05 Å². The fourth-order valence-corrected chi connectivity index (χ4v) is 2.56. The molecular weight excluding hydrogens is 216 g/mol. The number of rotatable bonds is 3. The molecule has 1 aliphatic rings. The maximum Gasteiger partial charge on any atom is 0.268 e. The Morgan fingerprint density at radius 3 is 2.94 bits per heavy atom. The Morgan fingerprint density at radius 2 is 2.29 bits per heavy atom. The minimum absolute atomic E-state index is 0.0390. The van der Waals surface area contributed by atoms with E-state index >= 15 is 0 Å². The van der Waals surface area contributed by atoms with E-state index in [0.717, 1.165) is 25.7 Å². The second-order valence-electron chi connectivity index (χ2n) is 4.81. The highest BCUT2D eigenvalue weighted by Crippen LogP contribution is 2.24. The largest absolute Gasteiger partial charge is 0.396 e. The van der Waals surface area contributed by atoms with Gasteiger partial charge in [0.1, 0.15) is 5.69 Å². The summed E-state index contributed by atoms with van der Waals surface area (Å²) >= 11 is 0. The highest BCUT2D eigenvalue weighted by molar-refractivity contribution is 5.92. The van der Waals surface area contributed by atoms with Gasteiger partial charge in [-0.1, -0.05) is 12.8 Å². The van der Waals surface area contributed by atoms with E-state index in [1.807, 2.05) is 29.9 Å². The summed E-state index contributed by atoms with van der Waals surface area (Å²) in [7, 11) is 1.86. The third-order valence-electron chi connectivity index (χ3n) is 3.64. The lowest BCUT2D eigenvalue weighted by Gasteiger charge is -2.30. The van der Waals surface area contributed by atoms with E-state index < -0.39 is 0 Å². The summed E-state index contributed by atoms with van der Waals surface area (Å²) in [5.41, 5.74) is 0.673. The van der Waals surface area contributed by atoms with E-state index in [0.29, 0.717) is 5.69 Å². The van der Waals surface area contributed by atoms with Crippen molar-refractivity contribution in [2.24, 2.45) is 13.0 Å². The van der Waals surface area contributed by atoms with Crippen molar-refractivity contribution < 1.29 is 9.90 Å². The standard InChI is InChI=1S/C13H20N2O2/c1-15-8-4-7-12(15)13(17)14-11-6-3-2-5-10(11)9-16/h4,7-8,10-11,16H,2-3,5-6,9H2,1H3,(H,14,17). The molecule has 1 aliphatic carbocycles. The molecule has 0 saturated heterocycles. The van der Waals surface area contributed by atoms with Gasteiger partial charge in [0.05, 0.1) is 0 Å². The fourth-order valence-electron chi connectivity index (χ4n) is 2.56. The number of aliphatic hydroxyl groups is 1. The van der Waals surface area contributed by atoms with Crippen LogP contribution < -0.4 is 5.32 Å². The van der Waals surface area contributed by atoms with Crippen LogP contribution >= 0.6 is 0 Å². The zero-order valence-corrected chi connectivity index (χ0v) is 10.2. The van der Waals surface area contributed by atoms with Gasteiger partial charge in [-0.3, -0.25) is 4.79 Å². The van der Waals surface area contributed by atoms with Gasteiger partial charge in [-0.2, -0.15) is 0 Å². The van der Waals surface area contributed by atoms with Crippen molar-refractivity contribution in [2.75, 3.05) is 6.61 Å². The van der Waals surface area contributed by atoms with Crippen LogP contribution in [0.2, 0.25) is 0 Å². The van der Waals surface area contributed by atoms with Crippen molar-refractivity contribution in [2.45, 2.75) is 31.7 Å². The predicted octanol–water partition coefficient (Wildman–Crippen LogP) is 1.31. The van der Waals surface area contributed by atoms with E-state index in [9.17, 15) is 9.90 Å². The highest BCUT2D eigenvalue weighted by atomic mass is 16.3. The number of carbonyl (C=O) groups is 1. The van der Waals surface area contributed by atoms with E-state index in [-0.39, 0.29) is 24.5 Å². The first kappa shape index (κ1) is 12.2. The fraction of sp³-hybridized carbons (Fsp3) is 0.615. The van der Waals surface area contributed by atoms with Gasteiger partial charge in [0.15, 0.2) is 0 Å². The summed E-state index contributed by atoms with van der Waals surface area (Å²) < 4.78 is 1.81. The molecule has 0 aromatic carbocycles. The Bertz CT molecular complexity index is 387. The second-order valence-corrected chi connectivity index (χ2v) is 4.81. The van der Waals surface area contributed by atoms with Crippen LogP contribution in [0, 0.1) is 5.92 Å². The minimum atomic E-state index is -0.0390. The third-order valence-corrected chi connectivity index (χ3v) is 3.64. The molecular formula is C13H20N2O2. The molecule has 1 amide bonds. The lowest BCUT2D eigenvalue weighted by Crippen LogP contribution is -2.43. The van der Waals surface area contributed by atoms with Crippen LogP contribution in [0.25, 0.3) is 0 Å². The molecule has 4 nitrogen and oxygen atoms in total. The van der Waals surface area contributed by atoms with Crippen LogP contribution in [0.1, 0.15) is 36.2 Å². The molecule has 0 spiro atoms. The molecule has 1 aromatic heterocycles. The molecule has 0 bridgehead atoms. The number of amides is 1. The SMILES string of the molecule is Cn1cccc1C(=O)NC1CCCCC1CO. The van der Waals surface area contributed by atoms with Crippen molar-refractivity contribution in [3.05, 3.63) is 24.0 Å². The molecule has 0 radical (unpaired) electrons. The molecule has 17 heavy (non-hydrogen) atoms. The van der Waals surface area contributed by atoms with Gasteiger partial charge in [0.2, 0.25) is 0 Å². The van der Waals surface area contributed by atoms with Crippen molar-refractivity contribution >= 4 is 5.91 Å². The van der Waals surface area contributed by atoms with Crippen molar-refractivity contribution in [3.63, 3.8) is 0 Å². The smallest absolute Gasteiger partial charge is 0.268 e. The molecule has 0 aliphatic heterocycles. The van der Waals surface area contributed by atoms with Crippen LogP contribution in [-0.4, -0.2) is 28.2 Å². The molecule has 1 aromatic rings. The van der Waals surface area contributed by atoms with Gasteiger partial charge in [-0.05, 0) is 25.0 Å². The van der Waals surface area contributed by atoms with E-state index in [4.69, 9.17) is 0 Å². The number of nitrogens with zero attached hydrogens (tertiary/aromatic N) is 1. The molecule has 2 N–H and O–H groups in total. The first-order valence-corrected chi connectivity index (χ1v) is 6.25. The summed E-state index contributed by atoms with van der Waals surface area (Å²) in [6.45, 7) is 0.165. The second kappa shape index (κ2) is 5.36. The predicted molar refractivity (Wildman–Crippen MR) is 65.7 cm³/mol. The molecule has 2 unspecified atom stereocenters. The molecule has 2 atom stereocenters. The Labute approximate surface area is 102 Å². The van der Waals surface area contributed by atoms with E-state index in [1.54, 1.807) is 0 Å². The first-order chi connectivity index (χ1) is 8.22. The summed E-state index contributed by atoms with van der Waals surface area (Å²) in [5, 5.41) is 12.3. The van der Waals surface area contributed by atoms with Gasteiger partial charge in [-0.15, -0.1) is 0 Å². The van der Waals surface area contributed by atoms with Crippen molar-refractivity contribution in [1.82, 2.24) is 9.88 Å². The van der Waals surface area contributed by atoms with Crippen molar-refractivity contribution in [3.8, 4) is 0 Å². The number of aliphatic hydroxyl groups excluding tert-OH is 1. The lowest BCUT2D eigenvalue weighted by atomic mass is 9.85. The average Bonchev–Trinajstić information content (AvgIpc) is 2.76. The monoisotopic (exact) mass is 236 g/mol. The van der Waals surface area contributed by atoms with Crippen molar-refractivity contribution in [1.29, 1.82) is 0 Å². The topological polar surface area (TPSA) is 54.3 Å². The van der Waals surface area contributed by atoms with Gasteiger partial charge in [-0.25, -0.2) is 0 Å². The number of nitrogens with one attached hydrogen (secondary N) is 1. The van der Waals surface area contributed by atoms with E-state index in [2.05, 4.69) is 5.32 Å². The highest BCUT2D eigenvalue weighted by Gasteiger charge is 2.26. The summed E-state index contributed by atoms with van der Waals surface area (Å²) in [5.74, 6) is 0.177. The Morgan fingerprint density at radius 1 is 1.53 bits per heavy atom. The number of carbonyl (C=O) groups excluding carboxylic acids is 1. The Kier molecular flexibility index (Phi) is 3.84.